The number of benzene rings is 1. The van der Waals surface area contributed by atoms with Crippen molar-refractivity contribution in [1.82, 2.24) is 0 Å². The number of hydrogen-bond acceptors (Lipinski definition) is 4. The Bertz CT molecular complexity index is 1010. The number of fused-ring (bicyclic) bond motifs is 2. The highest BCUT2D eigenvalue weighted by Gasteiger charge is 2.51. The van der Waals surface area contributed by atoms with Crippen molar-refractivity contribution in [2.45, 2.75) is 26.2 Å². The van der Waals surface area contributed by atoms with Gasteiger partial charge in [-0.2, -0.15) is 0 Å². The van der Waals surface area contributed by atoms with Gasteiger partial charge in [-0.3, -0.25) is 14.4 Å². The molecule has 30 heavy (non-hydrogen) atoms. The third-order valence-electron chi connectivity index (χ3n) is 5.88. The maximum atomic E-state index is 13.1. The second kappa shape index (κ2) is 8.07. The normalized spacial score (nSPS) is 24.2. The molecule has 0 saturated heterocycles. The minimum Gasteiger partial charge on any atom is -0.481 e. The molecule has 1 heterocycles. The first kappa shape index (κ1) is 20.3. The van der Waals surface area contributed by atoms with Crippen LogP contribution in [-0.2, 0) is 9.59 Å². The highest BCUT2D eigenvalue weighted by atomic mass is 32.1. The summed E-state index contributed by atoms with van der Waals surface area (Å²) in [6.45, 7) is 4.05. The third-order valence-corrected chi connectivity index (χ3v) is 7.23. The van der Waals surface area contributed by atoms with E-state index in [0.717, 1.165) is 4.88 Å². The summed E-state index contributed by atoms with van der Waals surface area (Å²) >= 11 is 1.37. The Kier molecular flexibility index (Phi) is 5.47. The second-order valence-electron chi connectivity index (χ2n) is 8.19. The Hall–Kier alpha value is -2.93. The van der Waals surface area contributed by atoms with Crippen LogP contribution in [0.25, 0.3) is 0 Å². The molecule has 2 aromatic rings. The predicted octanol–water partition coefficient (Wildman–Crippen LogP) is 4.59. The van der Waals surface area contributed by atoms with E-state index >= 15 is 0 Å². The fourth-order valence-electron chi connectivity index (χ4n) is 4.39. The second-order valence-corrected chi connectivity index (χ2v) is 9.28. The summed E-state index contributed by atoms with van der Waals surface area (Å²) in [6, 6.07) is 10.9. The van der Waals surface area contributed by atoms with Crippen LogP contribution in [0, 0.1) is 23.7 Å². The van der Waals surface area contributed by atoms with E-state index in [1.54, 1.807) is 18.2 Å². The van der Waals surface area contributed by atoms with Gasteiger partial charge in [-0.05, 0) is 42.4 Å². The first-order valence-electron chi connectivity index (χ1n) is 10.1. The molecule has 0 aliphatic heterocycles. The molecule has 2 bridgehead atoms. The largest absolute Gasteiger partial charge is 0.481 e. The lowest BCUT2D eigenvalue weighted by atomic mass is 9.82. The maximum Gasteiger partial charge on any atom is 0.307 e. The van der Waals surface area contributed by atoms with Gasteiger partial charge in [0.25, 0.3) is 5.91 Å². The van der Waals surface area contributed by atoms with Crippen molar-refractivity contribution >= 4 is 39.8 Å². The Balaban J connectivity index is 1.59. The topological polar surface area (TPSA) is 95.5 Å². The zero-order valence-electron chi connectivity index (χ0n) is 16.8. The quantitative estimate of drug-likeness (QED) is 0.591. The molecular weight excluding hydrogens is 400 g/mol. The Morgan fingerprint density at radius 3 is 2.33 bits per heavy atom. The number of carboxylic acid groups (broad SMARTS) is 1. The van der Waals surface area contributed by atoms with Crippen LogP contribution in [0.2, 0.25) is 0 Å². The highest BCUT2D eigenvalue weighted by molar-refractivity contribution is 7.16. The third kappa shape index (κ3) is 3.77. The fraction of sp³-hybridized carbons (Fsp3) is 0.348. The van der Waals surface area contributed by atoms with Crippen molar-refractivity contribution in [3.05, 3.63) is 59.0 Å². The number of para-hydroxylation sites is 1. The van der Waals surface area contributed by atoms with Crippen molar-refractivity contribution in [2.24, 2.45) is 23.7 Å². The number of hydrogen-bond donors (Lipinski definition) is 3. The van der Waals surface area contributed by atoms with Crippen LogP contribution >= 0.6 is 11.3 Å². The lowest BCUT2D eigenvalue weighted by molar-refractivity contribution is -0.146. The molecule has 1 saturated carbocycles. The molecule has 2 aliphatic rings. The number of thiophene rings is 1. The SMILES string of the molecule is CC(C)c1cc(C(=O)Nc2ccccc2)c(NC(=O)[C@@H]2[C@H](C(=O)O)[C@H]3C=C[C@H]2C3)s1. The van der Waals surface area contributed by atoms with Crippen LogP contribution in [0.3, 0.4) is 0 Å². The number of amides is 2. The van der Waals surface area contributed by atoms with Crippen molar-refractivity contribution in [3.63, 3.8) is 0 Å². The summed E-state index contributed by atoms with van der Waals surface area (Å²) in [7, 11) is 0. The summed E-state index contributed by atoms with van der Waals surface area (Å²) in [6.07, 6.45) is 4.55. The van der Waals surface area contributed by atoms with Gasteiger partial charge in [0.2, 0.25) is 5.91 Å². The fourth-order valence-corrected chi connectivity index (χ4v) is 5.45. The molecule has 1 aromatic carbocycles. The number of aliphatic carboxylic acids is 1. The van der Waals surface area contributed by atoms with Gasteiger partial charge in [-0.15, -0.1) is 11.3 Å². The Labute approximate surface area is 179 Å². The average molecular weight is 425 g/mol. The van der Waals surface area contributed by atoms with E-state index in [2.05, 4.69) is 10.6 Å². The molecule has 1 aromatic heterocycles. The van der Waals surface area contributed by atoms with E-state index in [-0.39, 0.29) is 29.6 Å². The smallest absolute Gasteiger partial charge is 0.307 e. The Morgan fingerprint density at radius 1 is 1.03 bits per heavy atom. The summed E-state index contributed by atoms with van der Waals surface area (Å²) in [5, 5.41) is 15.8. The van der Waals surface area contributed by atoms with Gasteiger partial charge in [0.05, 0.1) is 17.4 Å². The zero-order chi connectivity index (χ0) is 21.4. The molecule has 0 radical (unpaired) electrons. The number of rotatable bonds is 6. The van der Waals surface area contributed by atoms with Crippen LogP contribution in [0.15, 0.2) is 48.6 Å². The van der Waals surface area contributed by atoms with E-state index < -0.39 is 17.8 Å². The summed E-state index contributed by atoms with van der Waals surface area (Å²) in [5.74, 6) is -2.88. The minimum atomic E-state index is -0.942. The summed E-state index contributed by atoms with van der Waals surface area (Å²) in [5.41, 5.74) is 1.06. The van der Waals surface area contributed by atoms with Crippen LogP contribution < -0.4 is 10.6 Å². The Morgan fingerprint density at radius 2 is 1.70 bits per heavy atom. The molecule has 0 spiro atoms. The molecule has 4 atom stereocenters. The van der Waals surface area contributed by atoms with Gasteiger partial charge >= 0.3 is 5.97 Å². The molecular formula is C23H24N2O4S. The molecule has 6 nitrogen and oxygen atoms in total. The maximum absolute atomic E-state index is 13.1. The van der Waals surface area contributed by atoms with E-state index in [0.29, 0.717) is 22.7 Å². The standard InChI is InChI=1S/C23H24N2O4S/c1-12(2)17-11-16(20(26)24-15-6-4-3-5-7-15)22(30-17)25-21(27)18-13-8-9-14(10-13)19(18)23(28)29/h3-9,11-14,18-19H,10H2,1-2H3,(H,24,26)(H,25,27)(H,28,29)/t13-,14-,18-,19+/m0/s1. The lowest BCUT2D eigenvalue weighted by Gasteiger charge is -2.23. The average Bonchev–Trinajstić information content (AvgIpc) is 3.42. The van der Waals surface area contributed by atoms with Crippen molar-refractivity contribution in [1.29, 1.82) is 0 Å². The molecule has 2 aliphatic carbocycles. The molecule has 156 valence electrons. The van der Waals surface area contributed by atoms with E-state index in [1.165, 1.54) is 11.3 Å². The molecule has 7 heteroatoms. The van der Waals surface area contributed by atoms with Gasteiger partial charge in [0, 0.05) is 10.6 Å². The molecule has 2 amide bonds. The zero-order valence-corrected chi connectivity index (χ0v) is 17.6. The lowest BCUT2D eigenvalue weighted by Crippen LogP contribution is -2.36. The van der Waals surface area contributed by atoms with Gasteiger partial charge in [0.1, 0.15) is 5.00 Å². The van der Waals surface area contributed by atoms with Crippen molar-refractivity contribution in [2.75, 3.05) is 10.6 Å². The van der Waals surface area contributed by atoms with Gasteiger partial charge in [0.15, 0.2) is 0 Å². The number of carbonyl (C=O) groups excluding carboxylic acids is 2. The first-order valence-corrected chi connectivity index (χ1v) is 10.9. The van der Waals surface area contributed by atoms with E-state index in [4.69, 9.17) is 0 Å². The van der Waals surface area contributed by atoms with Crippen LogP contribution in [0.1, 0.15) is 41.4 Å². The van der Waals surface area contributed by atoms with Gasteiger partial charge in [-0.1, -0.05) is 44.2 Å². The number of anilines is 2. The molecule has 1 fully saturated rings. The number of carboxylic acids is 1. The highest BCUT2D eigenvalue weighted by Crippen LogP contribution is 2.48. The number of carbonyl (C=O) groups is 3. The summed E-state index contributed by atoms with van der Waals surface area (Å²) < 4.78 is 0. The van der Waals surface area contributed by atoms with Crippen LogP contribution in [0.5, 0.6) is 0 Å². The minimum absolute atomic E-state index is 0.0674. The molecule has 3 N–H and O–H groups in total. The monoisotopic (exact) mass is 424 g/mol. The molecule has 4 rings (SSSR count). The van der Waals surface area contributed by atoms with E-state index in [1.807, 2.05) is 44.2 Å². The predicted molar refractivity (Wildman–Crippen MR) is 117 cm³/mol. The van der Waals surface area contributed by atoms with Crippen LogP contribution in [-0.4, -0.2) is 22.9 Å². The van der Waals surface area contributed by atoms with Gasteiger partial charge in [-0.25, -0.2) is 0 Å². The van der Waals surface area contributed by atoms with Gasteiger partial charge < -0.3 is 15.7 Å². The number of nitrogens with one attached hydrogen (secondary N) is 2. The number of allylic oxidation sites excluding steroid dienone is 2. The van der Waals surface area contributed by atoms with Crippen LogP contribution in [0.4, 0.5) is 10.7 Å². The summed E-state index contributed by atoms with van der Waals surface area (Å²) in [4.78, 5) is 38.7. The molecule has 0 unspecified atom stereocenters. The van der Waals surface area contributed by atoms with E-state index in [9.17, 15) is 19.5 Å². The van der Waals surface area contributed by atoms with Crippen molar-refractivity contribution in [3.8, 4) is 0 Å². The first-order chi connectivity index (χ1) is 14.3. The van der Waals surface area contributed by atoms with Crippen molar-refractivity contribution < 1.29 is 19.5 Å².